The van der Waals surface area contributed by atoms with E-state index in [2.05, 4.69) is 58.4 Å². The molecule has 5 heteroatoms. The molecule has 2 heterocycles. The summed E-state index contributed by atoms with van der Waals surface area (Å²) in [5, 5.41) is 7.71. The topological polar surface area (TPSA) is 18.8 Å². The second kappa shape index (κ2) is 8.84. The average Bonchev–Trinajstić information content (AvgIpc) is 2.95. The van der Waals surface area contributed by atoms with Gasteiger partial charge in [-0.2, -0.15) is 5.10 Å². The third kappa shape index (κ3) is 4.27. The highest BCUT2D eigenvalue weighted by Gasteiger charge is 2.29. The quantitative estimate of drug-likeness (QED) is 0.491. The van der Waals surface area contributed by atoms with Gasteiger partial charge < -0.3 is 0 Å². The van der Waals surface area contributed by atoms with Gasteiger partial charge in [0.05, 0.1) is 6.21 Å². The molecule has 0 amide bonds. The van der Waals surface area contributed by atoms with Crippen LogP contribution in [0.5, 0.6) is 0 Å². The van der Waals surface area contributed by atoms with Crippen LogP contribution in [0.25, 0.3) is 0 Å². The molecule has 2 aliphatic rings. The van der Waals surface area contributed by atoms with Crippen molar-refractivity contribution in [3.8, 4) is 0 Å². The Hall–Kier alpha value is -2.27. The molecule has 0 spiro atoms. The number of nitrogens with zero attached hydrogens (tertiary/aromatic N) is 3. The molecule has 0 aromatic heterocycles. The van der Waals surface area contributed by atoms with E-state index in [1.54, 1.807) is 0 Å². The molecule has 5 rings (SSSR count). The van der Waals surface area contributed by atoms with Crippen LogP contribution in [0, 0.1) is 0 Å². The molecule has 3 aromatic rings. The molecule has 3 nitrogen and oxygen atoms in total. The fourth-order valence-corrected chi connectivity index (χ4v) is 5.55. The monoisotopic (exact) mass is 433 g/mol. The molecular formula is C25H24ClN3S. The lowest BCUT2D eigenvalue weighted by Gasteiger charge is -2.38. The van der Waals surface area contributed by atoms with Crippen LogP contribution in [-0.2, 0) is 6.42 Å². The minimum absolute atomic E-state index is 0.369. The summed E-state index contributed by atoms with van der Waals surface area (Å²) in [5.41, 5.74) is 3.91. The van der Waals surface area contributed by atoms with Crippen LogP contribution in [0.4, 0.5) is 0 Å². The maximum Gasteiger partial charge on any atom is 0.0542 e. The first-order valence-corrected chi connectivity index (χ1v) is 11.6. The Morgan fingerprint density at radius 2 is 1.63 bits per heavy atom. The molecule has 0 saturated carbocycles. The van der Waals surface area contributed by atoms with Crippen molar-refractivity contribution in [3.05, 3.63) is 94.5 Å². The van der Waals surface area contributed by atoms with E-state index in [1.807, 2.05) is 42.2 Å². The third-order valence-electron chi connectivity index (χ3n) is 5.83. The minimum atomic E-state index is 0.369. The maximum atomic E-state index is 6.33. The second-order valence-electron chi connectivity index (χ2n) is 7.76. The molecule has 1 atom stereocenters. The van der Waals surface area contributed by atoms with Gasteiger partial charge in [0.25, 0.3) is 0 Å². The predicted octanol–water partition coefficient (Wildman–Crippen LogP) is 5.74. The summed E-state index contributed by atoms with van der Waals surface area (Å²) in [7, 11) is 0. The molecule has 1 fully saturated rings. The fourth-order valence-electron chi connectivity index (χ4n) is 4.24. The van der Waals surface area contributed by atoms with Crippen LogP contribution in [0.1, 0.15) is 22.7 Å². The molecule has 30 heavy (non-hydrogen) atoms. The smallest absolute Gasteiger partial charge is 0.0542 e. The summed E-state index contributed by atoms with van der Waals surface area (Å²) in [4.78, 5) is 5.29. The van der Waals surface area contributed by atoms with Crippen molar-refractivity contribution in [1.29, 1.82) is 0 Å². The van der Waals surface area contributed by atoms with Gasteiger partial charge in [-0.15, -0.1) is 0 Å². The molecule has 0 radical (unpaired) electrons. The zero-order valence-electron chi connectivity index (χ0n) is 16.7. The minimum Gasteiger partial charge on any atom is -0.294 e. The number of hydrogen-bond acceptors (Lipinski definition) is 4. The Kier molecular flexibility index (Phi) is 5.80. The zero-order valence-corrected chi connectivity index (χ0v) is 18.3. The Balaban J connectivity index is 1.34. The molecule has 0 aliphatic carbocycles. The molecular weight excluding hydrogens is 410 g/mol. The van der Waals surface area contributed by atoms with Crippen molar-refractivity contribution in [2.24, 2.45) is 5.10 Å². The normalized spacial score (nSPS) is 19.4. The van der Waals surface area contributed by atoms with Gasteiger partial charge in [0.2, 0.25) is 0 Å². The van der Waals surface area contributed by atoms with Crippen molar-refractivity contribution >= 4 is 29.6 Å². The number of hydrazone groups is 1. The van der Waals surface area contributed by atoms with Gasteiger partial charge in [-0.05, 0) is 47.4 Å². The van der Waals surface area contributed by atoms with Crippen LogP contribution < -0.4 is 0 Å². The summed E-state index contributed by atoms with van der Waals surface area (Å²) >= 11 is 8.20. The van der Waals surface area contributed by atoms with Crippen molar-refractivity contribution in [1.82, 2.24) is 9.91 Å². The van der Waals surface area contributed by atoms with Crippen molar-refractivity contribution in [2.75, 3.05) is 26.2 Å². The summed E-state index contributed by atoms with van der Waals surface area (Å²) in [6, 6.07) is 25.8. The van der Waals surface area contributed by atoms with E-state index in [4.69, 9.17) is 16.7 Å². The average molecular weight is 434 g/mol. The Bertz CT molecular complexity index is 1050. The summed E-state index contributed by atoms with van der Waals surface area (Å²) in [6.45, 7) is 3.90. The molecule has 2 aliphatic heterocycles. The summed E-state index contributed by atoms with van der Waals surface area (Å²) in [6.07, 6.45) is 2.96. The SMILES string of the molecule is Clc1ccc2c(c1)CC(N1CCN(N=Cc3ccccc3)CC1)c1ccccc1S2. The van der Waals surface area contributed by atoms with Gasteiger partial charge in [-0.1, -0.05) is 71.9 Å². The van der Waals surface area contributed by atoms with E-state index in [0.29, 0.717) is 6.04 Å². The van der Waals surface area contributed by atoms with Gasteiger partial charge in [-0.25, -0.2) is 0 Å². The number of rotatable bonds is 3. The highest BCUT2D eigenvalue weighted by molar-refractivity contribution is 7.99. The van der Waals surface area contributed by atoms with Crippen molar-refractivity contribution < 1.29 is 0 Å². The largest absolute Gasteiger partial charge is 0.294 e. The first kappa shape index (κ1) is 19.7. The highest BCUT2D eigenvalue weighted by atomic mass is 35.5. The van der Waals surface area contributed by atoms with Gasteiger partial charge in [-0.3, -0.25) is 9.91 Å². The van der Waals surface area contributed by atoms with Crippen LogP contribution in [0.15, 0.2) is 87.7 Å². The number of benzene rings is 3. The van der Waals surface area contributed by atoms with Crippen LogP contribution >= 0.6 is 23.4 Å². The second-order valence-corrected chi connectivity index (χ2v) is 9.28. The van der Waals surface area contributed by atoms with Crippen LogP contribution in [0.3, 0.4) is 0 Å². The van der Waals surface area contributed by atoms with Crippen LogP contribution in [0.2, 0.25) is 5.02 Å². The molecule has 152 valence electrons. The summed E-state index contributed by atoms with van der Waals surface area (Å²) in [5.74, 6) is 0. The standard InChI is InChI=1S/C25H24ClN3S/c26-21-10-11-24-20(16-21)17-23(22-8-4-5-9-25(22)30-24)28-12-14-29(15-13-28)27-18-19-6-2-1-3-7-19/h1-11,16,18,23H,12-15,17H2. The number of halogens is 1. The fraction of sp³-hybridized carbons (Fsp3) is 0.240. The van der Waals surface area contributed by atoms with Crippen molar-refractivity contribution in [3.63, 3.8) is 0 Å². The van der Waals surface area contributed by atoms with Gasteiger partial charge in [0.1, 0.15) is 0 Å². The van der Waals surface area contributed by atoms with Crippen molar-refractivity contribution in [2.45, 2.75) is 22.3 Å². The number of fused-ring (bicyclic) bond motifs is 2. The van der Waals surface area contributed by atoms with Gasteiger partial charge in [0.15, 0.2) is 0 Å². The molecule has 1 saturated heterocycles. The van der Waals surface area contributed by atoms with E-state index >= 15 is 0 Å². The van der Waals surface area contributed by atoms with E-state index in [1.165, 1.54) is 20.9 Å². The molecule has 0 bridgehead atoms. The molecule has 0 N–H and O–H groups in total. The van der Waals surface area contributed by atoms with E-state index < -0.39 is 0 Å². The Labute approximate surface area is 187 Å². The Morgan fingerprint density at radius 3 is 2.47 bits per heavy atom. The third-order valence-corrected chi connectivity index (χ3v) is 7.28. The first-order chi connectivity index (χ1) is 14.8. The molecule has 3 aromatic carbocycles. The first-order valence-electron chi connectivity index (χ1n) is 10.4. The zero-order chi connectivity index (χ0) is 20.3. The van der Waals surface area contributed by atoms with Crippen LogP contribution in [-0.4, -0.2) is 42.3 Å². The highest BCUT2D eigenvalue weighted by Crippen LogP contribution is 2.43. The lowest BCUT2D eigenvalue weighted by Crippen LogP contribution is -2.46. The van der Waals surface area contributed by atoms with E-state index in [-0.39, 0.29) is 0 Å². The lowest BCUT2D eigenvalue weighted by atomic mass is 9.97. The van der Waals surface area contributed by atoms with E-state index in [0.717, 1.165) is 43.2 Å². The van der Waals surface area contributed by atoms with Gasteiger partial charge in [0, 0.05) is 47.0 Å². The number of piperazine rings is 1. The predicted molar refractivity (Wildman–Crippen MR) is 126 cm³/mol. The van der Waals surface area contributed by atoms with E-state index in [9.17, 15) is 0 Å². The number of hydrogen-bond donors (Lipinski definition) is 0. The maximum absolute atomic E-state index is 6.33. The summed E-state index contributed by atoms with van der Waals surface area (Å²) < 4.78 is 0. The van der Waals surface area contributed by atoms with Gasteiger partial charge >= 0.3 is 0 Å². The molecule has 1 unspecified atom stereocenters. The Morgan fingerprint density at radius 1 is 0.867 bits per heavy atom. The lowest BCUT2D eigenvalue weighted by molar-refractivity contribution is 0.0970.